The molecule has 5 nitrogen and oxygen atoms in total. The van der Waals surface area contributed by atoms with Crippen LogP contribution >= 0.6 is 34.5 Å². The molecule has 1 aromatic carbocycles. The number of fused-ring (bicyclic) bond motifs is 1. The quantitative estimate of drug-likeness (QED) is 0.693. The van der Waals surface area contributed by atoms with Crippen LogP contribution in [0.2, 0.25) is 9.36 Å². The van der Waals surface area contributed by atoms with Gasteiger partial charge in [-0.1, -0.05) is 40.9 Å². The van der Waals surface area contributed by atoms with Gasteiger partial charge in [-0.05, 0) is 25.1 Å². The number of carbonyl (C=O) groups is 2. The minimum atomic E-state index is -0.374. The lowest BCUT2D eigenvalue weighted by Crippen LogP contribution is -2.38. The second kappa shape index (κ2) is 7.07. The van der Waals surface area contributed by atoms with Gasteiger partial charge in [-0.2, -0.15) is 0 Å². The van der Waals surface area contributed by atoms with Crippen LogP contribution < -0.4 is 10.2 Å². The molecular formula is C17H15Cl2N3O2S. The van der Waals surface area contributed by atoms with Crippen LogP contribution in [0.15, 0.2) is 30.3 Å². The molecule has 2 amide bonds. The number of thiophene rings is 1. The predicted molar refractivity (Wildman–Crippen MR) is 103 cm³/mol. The van der Waals surface area contributed by atoms with Gasteiger partial charge in [0.05, 0.1) is 21.8 Å². The van der Waals surface area contributed by atoms with Crippen molar-refractivity contribution in [2.45, 2.75) is 6.92 Å². The first kappa shape index (κ1) is 17.8. The van der Waals surface area contributed by atoms with Gasteiger partial charge in [-0.25, -0.2) is 0 Å². The number of aromatic nitrogens is 1. The summed E-state index contributed by atoms with van der Waals surface area (Å²) in [6.45, 7) is 1.87. The molecular weight excluding hydrogens is 381 g/mol. The molecule has 0 fully saturated rings. The Bertz CT molecular complexity index is 947. The zero-order valence-electron chi connectivity index (χ0n) is 13.5. The van der Waals surface area contributed by atoms with Crippen LogP contribution in [0.4, 0.5) is 5.69 Å². The van der Waals surface area contributed by atoms with Gasteiger partial charge in [-0.3, -0.25) is 9.59 Å². The second-order valence-electron chi connectivity index (χ2n) is 5.58. The summed E-state index contributed by atoms with van der Waals surface area (Å²) in [4.78, 5) is 28.9. The van der Waals surface area contributed by atoms with Gasteiger partial charge in [0.25, 0.3) is 5.91 Å². The number of aromatic amines is 1. The molecule has 2 N–H and O–H groups in total. The van der Waals surface area contributed by atoms with E-state index in [4.69, 9.17) is 23.2 Å². The molecule has 3 aromatic rings. The Morgan fingerprint density at radius 3 is 2.56 bits per heavy atom. The van der Waals surface area contributed by atoms with Crippen LogP contribution in [-0.2, 0) is 4.79 Å². The number of carbonyl (C=O) groups excluding carboxylic acids is 2. The lowest BCUT2D eigenvalue weighted by atomic mass is 10.2. The topological polar surface area (TPSA) is 65.2 Å². The highest BCUT2D eigenvalue weighted by Crippen LogP contribution is 2.38. The van der Waals surface area contributed by atoms with Crippen LogP contribution in [0, 0.1) is 6.92 Å². The monoisotopic (exact) mass is 395 g/mol. The van der Waals surface area contributed by atoms with Crippen molar-refractivity contribution in [3.63, 3.8) is 0 Å². The zero-order valence-corrected chi connectivity index (χ0v) is 15.9. The van der Waals surface area contributed by atoms with Gasteiger partial charge in [0.2, 0.25) is 5.91 Å². The number of nitrogens with zero attached hydrogens (tertiary/aromatic N) is 1. The first-order valence-electron chi connectivity index (χ1n) is 7.44. The van der Waals surface area contributed by atoms with E-state index in [0.29, 0.717) is 20.6 Å². The highest BCUT2D eigenvalue weighted by molar-refractivity contribution is 7.23. The van der Waals surface area contributed by atoms with E-state index in [0.717, 1.165) is 16.0 Å². The fourth-order valence-corrected chi connectivity index (χ4v) is 3.80. The number of aryl methyl sites for hydroxylation is 1. The van der Waals surface area contributed by atoms with Gasteiger partial charge < -0.3 is 15.2 Å². The lowest BCUT2D eigenvalue weighted by molar-refractivity contribution is -0.117. The number of likely N-dealkylation sites (N-methyl/N-ethyl adjacent to an activating group) is 1. The van der Waals surface area contributed by atoms with Crippen molar-refractivity contribution < 1.29 is 9.59 Å². The summed E-state index contributed by atoms with van der Waals surface area (Å²) in [6.07, 6.45) is 0. The van der Waals surface area contributed by atoms with E-state index in [1.807, 2.05) is 31.2 Å². The number of hydrogen-bond donors (Lipinski definition) is 2. The molecule has 0 bridgehead atoms. The number of H-pyrrole nitrogens is 1. The molecule has 3 rings (SSSR count). The standard InChI is InChI=1S/C17H15Cl2N3O2S/c1-9-3-5-10(6-4-9)22(2)13(23)8-20-17(24)11-7-12-15(21-11)14(18)16(19)25-12/h3-7,21H,8H2,1-2H3,(H,20,24). The number of amides is 2. The smallest absolute Gasteiger partial charge is 0.268 e. The average Bonchev–Trinajstić information content (AvgIpc) is 3.12. The van der Waals surface area contributed by atoms with E-state index in [1.54, 1.807) is 13.1 Å². The summed E-state index contributed by atoms with van der Waals surface area (Å²) in [5, 5.41) is 3.01. The average molecular weight is 396 g/mol. The summed E-state index contributed by atoms with van der Waals surface area (Å²) >= 11 is 13.3. The first-order chi connectivity index (χ1) is 11.9. The summed E-state index contributed by atoms with van der Waals surface area (Å²) in [5.41, 5.74) is 2.85. The van der Waals surface area contributed by atoms with Crippen molar-refractivity contribution in [1.82, 2.24) is 10.3 Å². The normalized spacial score (nSPS) is 10.9. The second-order valence-corrected chi connectivity index (χ2v) is 7.62. The van der Waals surface area contributed by atoms with Crippen LogP contribution in [0.1, 0.15) is 16.1 Å². The molecule has 0 saturated heterocycles. The van der Waals surface area contributed by atoms with Gasteiger partial charge >= 0.3 is 0 Å². The number of hydrogen-bond acceptors (Lipinski definition) is 3. The number of halogens is 2. The maximum absolute atomic E-state index is 12.2. The van der Waals surface area contributed by atoms with Gasteiger partial charge in [0, 0.05) is 12.7 Å². The Balaban J connectivity index is 1.64. The van der Waals surface area contributed by atoms with Crippen molar-refractivity contribution >= 4 is 62.3 Å². The van der Waals surface area contributed by atoms with E-state index in [1.165, 1.54) is 16.2 Å². The van der Waals surface area contributed by atoms with Crippen LogP contribution in [0.5, 0.6) is 0 Å². The molecule has 0 aliphatic rings. The Morgan fingerprint density at radius 1 is 1.24 bits per heavy atom. The van der Waals surface area contributed by atoms with Crippen LogP contribution in [0.25, 0.3) is 10.2 Å². The molecule has 2 heterocycles. The molecule has 0 aliphatic carbocycles. The van der Waals surface area contributed by atoms with Gasteiger partial charge in [-0.15, -0.1) is 11.3 Å². The van der Waals surface area contributed by atoms with Crippen molar-refractivity contribution in [1.29, 1.82) is 0 Å². The molecule has 0 aliphatic heterocycles. The third-order valence-corrected chi connectivity index (χ3v) is 5.75. The number of rotatable bonds is 4. The summed E-state index contributed by atoms with van der Waals surface area (Å²) in [7, 11) is 1.67. The van der Waals surface area contributed by atoms with Gasteiger partial charge in [0.1, 0.15) is 10.0 Å². The molecule has 0 atom stereocenters. The lowest BCUT2D eigenvalue weighted by Gasteiger charge is -2.17. The van der Waals surface area contributed by atoms with Crippen LogP contribution in [0.3, 0.4) is 0 Å². The fraction of sp³-hybridized carbons (Fsp3) is 0.176. The minimum absolute atomic E-state index is 0.107. The molecule has 25 heavy (non-hydrogen) atoms. The molecule has 0 unspecified atom stereocenters. The predicted octanol–water partition coefficient (Wildman–Crippen LogP) is 4.24. The summed E-state index contributed by atoms with van der Waals surface area (Å²) < 4.78 is 1.27. The molecule has 0 radical (unpaired) electrons. The van der Waals surface area contributed by atoms with E-state index < -0.39 is 0 Å². The summed E-state index contributed by atoms with van der Waals surface area (Å²) in [6, 6.07) is 9.25. The van der Waals surface area contributed by atoms with Crippen molar-refractivity contribution in [3.8, 4) is 0 Å². The fourth-order valence-electron chi connectivity index (χ4n) is 2.32. The van der Waals surface area contributed by atoms with Crippen molar-refractivity contribution in [2.24, 2.45) is 0 Å². The maximum atomic E-state index is 12.2. The number of nitrogens with one attached hydrogen (secondary N) is 2. The Morgan fingerprint density at radius 2 is 1.92 bits per heavy atom. The summed E-state index contributed by atoms with van der Waals surface area (Å²) in [5.74, 6) is -0.590. The first-order valence-corrected chi connectivity index (χ1v) is 9.02. The SMILES string of the molecule is Cc1ccc(N(C)C(=O)CNC(=O)c2cc3sc(Cl)c(Cl)c3[nH]2)cc1. The molecule has 0 saturated carbocycles. The van der Waals surface area contributed by atoms with E-state index in [2.05, 4.69) is 10.3 Å². The Hall–Kier alpha value is -2.02. The van der Waals surface area contributed by atoms with E-state index >= 15 is 0 Å². The zero-order chi connectivity index (χ0) is 18.1. The highest BCUT2D eigenvalue weighted by Gasteiger charge is 2.17. The number of anilines is 1. The maximum Gasteiger partial charge on any atom is 0.268 e. The third kappa shape index (κ3) is 3.66. The molecule has 0 spiro atoms. The Labute approximate surface area is 158 Å². The third-order valence-electron chi connectivity index (χ3n) is 3.81. The van der Waals surface area contributed by atoms with E-state index in [-0.39, 0.29) is 18.4 Å². The molecule has 2 aromatic heterocycles. The van der Waals surface area contributed by atoms with Crippen molar-refractivity contribution in [3.05, 3.63) is 50.9 Å². The van der Waals surface area contributed by atoms with Crippen LogP contribution in [-0.4, -0.2) is 30.4 Å². The largest absolute Gasteiger partial charge is 0.349 e. The molecule has 130 valence electrons. The van der Waals surface area contributed by atoms with Gasteiger partial charge in [0.15, 0.2) is 0 Å². The minimum Gasteiger partial charge on any atom is -0.349 e. The van der Waals surface area contributed by atoms with Crippen molar-refractivity contribution in [2.75, 3.05) is 18.5 Å². The Kier molecular flexibility index (Phi) is 5.03. The number of benzene rings is 1. The highest BCUT2D eigenvalue weighted by atomic mass is 35.5. The molecule has 8 heteroatoms. The van der Waals surface area contributed by atoms with E-state index in [9.17, 15) is 9.59 Å².